The van der Waals surface area contributed by atoms with Gasteiger partial charge in [0.1, 0.15) is 15.9 Å². The summed E-state index contributed by atoms with van der Waals surface area (Å²) in [6.07, 6.45) is 0. The number of amides is 1. The zero-order valence-electron chi connectivity index (χ0n) is 19.5. The molecule has 0 aliphatic heterocycles. The molecule has 0 atom stereocenters. The molecule has 1 N–H and O–H groups in total. The van der Waals surface area contributed by atoms with E-state index in [9.17, 15) is 4.79 Å². The molecule has 2 nitrogen and oxygen atoms in total. The van der Waals surface area contributed by atoms with Crippen LogP contribution >= 0.6 is 19.0 Å². The number of carbonyl (C=O) groups is 1. The van der Waals surface area contributed by atoms with Crippen LogP contribution in [0.2, 0.25) is 0 Å². The first-order chi connectivity index (χ1) is 16.7. The van der Waals surface area contributed by atoms with Crippen LogP contribution in [-0.2, 0) is 0 Å². The zero-order valence-corrected chi connectivity index (χ0v) is 21.2. The van der Waals surface area contributed by atoms with Gasteiger partial charge < -0.3 is 0 Å². The van der Waals surface area contributed by atoms with E-state index in [1.54, 1.807) is 11.8 Å². The summed E-state index contributed by atoms with van der Waals surface area (Å²) in [4.78, 5) is 13.5. The molecule has 34 heavy (non-hydrogen) atoms. The van der Waals surface area contributed by atoms with Crippen molar-refractivity contribution in [2.45, 2.75) is 13.8 Å². The molecule has 0 bridgehead atoms. The number of hydrogen-bond acceptors (Lipinski definition) is 2. The fraction of sp³-hybridized carbons (Fsp3) is 0.100. The number of aryl methyl sites for hydroxylation is 1. The smallest absolute Gasteiger partial charge is 0.258 e. The fourth-order valence-corrected chi connectivity index (χ4v) is 9.16. The third-order valence-electron chi connectivity index (χ3n) is 5.71. The lowest BCUT2D eigenvalue weighted by Crippen LogP contribution is -2.38. The maximum Gasteiger partial charge on any atom is 0.258 e. The summed E-state index contributed by atoms with van der Waals surface area (Å²) in [6, 6.07) is 39.5. The highest BCUT2D eigenvalue weighted by Crippen LogP contribution is 2.61. The Hall–Kier alpha value is -3.13. The van der Waals surface area contributed by atoms with E-state index in [1.165, 1.54) is 15.9 Å². The predicted molar refractivity (Wildman–Crippen MR) is 150 cm³/mol. The van der Waals surface area contributed by atoms with E-state index in [0.29, 0.717) is 5.56 Å². The minimum Gasteiger partial charge on any atom is -0.292 e. The van der Waals surface area contributed by atoms with Crippen LogP contribution < -0.4 is 21.2 Å². The van der Waals surface area contributed by atoms with Gasteiger partial charge in [0.15, 0.2) is 12.7 Å². The van der Waals surface area contributed by atoms with Crippen LogP contribution in [0.15, 0.2) is 126 Å². The highest BCUT2D eigenvalue weighted by molar-refractivity contribution is 8.04. The maximum absolute atomic E-state index is 13.5. The largest absolute Gasteiger partial charge is 0.292 e. The van der Waals surface area contributed by atoms with Crippen molar-refractivity contribution >= 4 is 40.8 Å². The van der Waals surface area contributed by atoms with Crippen LogP contribution in [-0.4, -0.2) is 11.7 Å². The van der Waals surface area contributed by atoms with E-state index in [4.69, 9.17) is 0 Å². The molecule has 0 fully saturated rings. The Morgan fingerprint density at radius 2 is 1.18 bits per heavy atom. The molecule has 0 heterocycles. The number of hydrogen-bond donors (Lipinski definition) is 1. The van der Waals surface area contributed by atoms with Gasteiger partial charge in [-0.15, -0.1) is 11.8 Å². The maximum atomic E-state index is 13.5. The summed E-state index contributed by atoms with van der Waals surface area (Å²) in [5, 5.41) is 9.16. The molecule has 0 aliphatic carbocycles. The van der Waals surface area contributed by atoms with E-state index >= 15 is 0 Å². The van der Waals surface area contributed by atoms with Gasteiger partial charge in [0, 0.05) is 11.0 Å². The molecular weight excluding hydrogens is 453 g/mol. The van der Waals surface area contributed by atoms with Gasteiger partial charge in [-0.3, -0.25) is 10.1 Å². The number of rotatable bonds is 8. The molecule has 0 unspecified atom stereocenters. The Kier molecular flexibility index (Phi) is 8.00. The Morgan fingerprint density at radius 1 is 0.735 bits per heavy atom. The first kappa shape index (κ1) is 24.0. The molecule has 0 spiro atoms. The molecule has 0 aliphatic rings. The Morgan fingerprint density at radius 3 is 1.59 bits per heavy atom. The molecule has 0 radical (unpaired) electrons. The Labute approximate surface area is 207 Å². The van der Waals surface area contributed by atoms with Crippen molar-refractivity contribution in [3.05, 3.63) is 137 Å². The van der Waals surface area contributed by atoms with Crippen molar-refractivity contribution in [1.82, 2.24) is 5.32 Å². The summed E-state index contributed by atoms with van der Waals surface area (Å²) < 4.78 is 0. The normalized spacial score (nSPS) is 11.8. The first-order valence-electron chi connectivity index (χ1n) is 11.4. The molecule has 1 amide bonds. The summed E-state index contributed by atoms with van der Waals surface area (Å²) in [7, 11) is -2.37. The first-order valence-corrected chi connectivity index (χ1v) is 14.3. The van der Waals surface area contributed by atoms with Crippen LogP contribution in [0.25, 0.3) is 0 Å². The second-order valence-electron chi connectivity index (χ2n) is 7.96. The van der Waals surface area contributed by atoms with E-state index in [0.717, 1.165) is 16.8 Å². The van der Waals surface area contributed by atoms with E-state index in [1.807, 2.05) is 49.4 Å². The molecule has 4 aromatic rings. The number of thioether (sulfide) groups is 1. The van der Waals surface area contributed by atoms with Crippen molar-refractivity contribution in [3.8, 4) is 0 Å². The van der Waals surface area contributed by atoms with Crippen molar-refractivity contribution in [2.75, 3.05) is 5.75 Å². The van der Waals surface area contributed by atoms with Crippen LogP contribution in [0.5, 0.6) is 0 Å². The second-order valence-corrected chi connectivity index (χ2v) is 12.5. The highest BCUT2D eigenvalue weighted by Gasteiger charge is 2.50. The van der Waals surface area contributed by atoms with Gasteiger partial charge >= 0.3 is 0 Å². The highest BCUT2D eigenvalue weighted by atomic mass is 32.2. The Bertz CT molecular complexity index is 1140. The average molecular weight is 483 g/mol. The zero-order chi connectivity index (χ0) is 23.8. The molecule has 170 valence electrons. The van der Waals surface area contributed by atoms with Crippen LogP contribution in [0.3, 0.4) is 0 Å². The predicted octanol–water partition coefficient (Wildman–Crippen LogP) is 6.27. The van der Waals surface area contributed by atoms with Crippen LogP contribution in [0.1, 0.15) is 22.8 Å². The summed E-state index contributed by atoms with van der Waals surface area (Å²) >= 11 is 1.72. The lowest BCUT2D eigenvalue weighted by Gasteiger charge is -2.29. The molecule has 0 saturated heterocycles. The number of carbonyl (C=O) groups excluding carboxylic acids is 1. The molecular formula is C30H29NOPS+. The Balaban J connectivity index is 1.97. The SMILES string of the molecule is CCS/C=C(/NC(=O)c1ccc(C)cc1)[P+](c1ccccc1)(c1ccccc1)c1ccccc1. The molecule has 0 saturated carbocycles. The molecule has 4 rings (SSSR count). The van der Waals surface area contributed by atoms with Gasteiger partial charge in [-0.05, 0) is 61.2 Å². The molecule has 4 aromatic carbocycles. The standard InChI is InChI=1S/C30H28NOPS/c1-3-34-23-29(31-30(32)25-21-19-24(2)20-22-25)33(26-13-7-4-8-14-26,27-15-9-5-10-16-27)28-17-11-6-12-18-28/h4-23H,3H2,1-2H3/p+1/b29-23-. The van der Waals surface area contributed by atoms with Crippen molar-refractivity contribution in [2.24, 2.45) is 0 Å². The van der Waals surface area contributed by atoms with Gasteiger partial charge in [0.2, 0.25) is 0 Å². The van der Waals surface area contributed by atoms with Crippen LogP contribution in [0.4, 0.5) is 0 Å². The lowest BCUT2D eigenvalue weighted by molar-refractivity contribution is 0.0968. The molecule has 0 aromatic heterocycles. The minimum atomic E-state index is -2.37. The third-order valence-corrected chi connectivity index (χ3v) is 10.8. The topological polar surface area (TPSA) is 29.1 Å². The monoisotopic (exact) mass is 482 g/mol. The minimum absolute atomic E-state index is 0.0879. The lowest BCUT2D eigenvalue weighted by atomic mass is 10.1. The van der Waals surface area contributed by atoms with Gasteiger partial charge in [0.25, 0.3) is 5.91 Å². The summed E-state index contributed by atoms with van der Waals surface area (Å²) in [5.74, 6) is 0.831. The second kappa shape index (κ2) is 11.3. The van der Waals surface area contributed by atoms with Crippen molar-refractivity contribution in [1.29, 1.82) is 0 Å². The van der Waals surface area contributed by atoms with Gasteiger partial charge in [-0.25, -0.2) is 0 Å². The third kappa shape index (κ3) is 5.01. The quantitative estimate of drug-likeness (QED) is 0.300. The van der Waals surface area contributed by atoms with Crippen LogP contribution in [0, 0.1) is 6.92 Å². The van der Waals surface area contributed by atoms with E-state index in [2.05, 4.69) is 90.4 Å². The summed E-state index contributed by atoms with van der Waals surface area (Å²) in [5.41, 5.74) is 2.74. The summed E-state index contributed by atoms with van der Waals surface area (Å²) in [6.45, 7) is 4.16. The van der Waals surface area contributed by atoms with Gasteiger partial charge in [-0.2, -0.15) is 0 Å². The molecule has 4 heteroatoms. The fourth-order valence-electron chi connectivity index (χ4n) is 4.07. The van der Waals surface area contributed by atoms with Gasteiger partial charge in [-0.1, -0.05) is 79.2 Å². The number of nitrogens with one attached hydrogen (secondary N) is 1. The van der Waals surface area contributed by atoms with Gasteiger partial charge in [0.05, 0.1) is 0 Å². The van der Waals surface area contributed by atoms with Crippen molar-refractivity contribution in [3.63, 3.8) is 0 Å². The van der Waals surface area contributed by atoms with E-state index in [-0.39, 0.29) is 5.91 Å². The average Bonchev–Trinajstić information content (AvgIpc) is 2.90. The number of benzene rings is 4. The van der Waals surface area contributed by atoms with E-state index < -0.39 is 7.26 Å². The van der Waals surface area contributed by atoms with Crippen molar-refractivity contribution < 1.29 is 4.79 Å².